The van der Waals surface area contributed by atoms with Crippen molar-refractivity contribution in [2.45, 2.75) is 76.2 Å². The average Bonchev–Trinajstić information content (AvgIpc) is 3.67. The maximum Gasteiger partial charge on any atom is 0.408 e. The highest BCUT2D eigenvalue weighted by Crippen LogP contribution is 2.37. The lowest BCUT2D eigenvalue weighted by atomic mass is 9.77. The molecular formula is C52H57N5O7. The van der Waals surface area contributed by atoms with Gasteiger partial charge in [0, 0.05) is 24.5 Å². The molecule has 3 atom stereocenters. The van der Waals surface area contributed by atoms with E-state index >= 15 is 0 Å². The number of carbonyl (C=O) groups excluding carboxylic acids is 5. The lowest BCUT2D eigenvalue weighted by Crippen LogP contribution is -2.56. The second kappa shape index (κ2) is 22.9. The summed E-state index contributed by atoms with van der Waals surface area (Å²) in [4.78, 5) is 74.6. The van der Waals surface area contributed by atoms with Crippen LogP contribution in [-0.4, -0.2) is 66.6 Å². The molecule has 5 aromatic rings. The van der Waals surface area contributed by atoms with E-state index in [0.29, 0.717) is 18.5 Å². The topological polar surface area (TPSA) is 155 Å². The van der Waals surface area contributed by atoms with E-state index in [1.807, 2.05) is 166 Å². The summed E-state index contributed by atoms with van der Waals surface area (Å²) in [6, 6.07) is 44.9. The molecule has 0 spiro atoms. The smallest absolute Gasteiger partial charge is 0.408 e. The first-order chi connectivity index (χ1) is 31.0. The first-order valence-corrected chi connectivity index (χ1v) is 21.7. The third kappa shape index (κ3) is 12.5. The quantitative estimate of drug-likeness (QED) is 0.0479. The Kier molecular flexibility index (Phi) is 16.6. The summed E-state index contributed by atoms with van der Waals surface area (Å²) < 4.78 is 5.44. The van der Waals surface area contributed by atoms with Crippen LogP contribution in [0.2, 0.25) is 0 Å². The van der Waals surface area contributed by atoms with E-state index in [0.717, 1.165) is 27.8 Å². The van der Waals surface area contributed by atoms with Crippen LogP contribution in [0, 0.1) is 5.92 Å². The van der Waals surface area contributed by atoms with Gasteiger partial charge in [-0.15, -0.1) is 0 Å². The maximum atomic E-state index is 14.5. The number of carbonyl (C=O) groups is 5. The molecule has 4 N–H and O–H groups in total. The molecule has 0 aliphatic carbocycles. The minimum Gasteiger partial charge on any atom is -0.445 e. The van der Waals surface area contributed by atoms with E-state index in [1.165, 1.54) is 12.2 Å². The first-order valence-electron chi connectivity index (χ1n) is 21.7. The zero-order valence-electron chi connectivity index (χ0n) is 36.6. The van der Waals surface area contributed by atoms with Crippen LogP contribution >= 0.6 is 0 Å². The summed E-state index contributed by atoms with van der Waals surface area (Å²) in [5.74, 6) is -1.71. The normalized spacial score (nSPS) is 14.7. The Balaban J connectivity index is 1.25. The van der Waals surface area contributed by atoms with E-state index in [4.69, 9.17) is 9.57 Å². The molecule has 1 aliphatic rings. The Bertz CT molecular complexity index is 2230. The summed E-state index contributed by atoms with van der Waals surface area (Å²) in [6.45, 7) is 4.21. The molecule has 1 aliphatic heterocycles. The lowest BCUT2D eigenvalue weighted by molar-refractivity contribution is -0.164. The summed E-state index contributed by atoms with van der Waals surface area (Å²) in [7, 11) is 1.42. The van der Waals surface area contributed by atoms with E-state index in [1.54, 1.807) is 6.08 Å². The maximum absolute atomic E-state index is 14.5. The zero-order chi connectivity index (χ0) is 45.3. The number of nitrogens with one attached hydrogen (secondary N) is 4. The second-order valence-electron chi connectivity index (χ2n) is 16.2. The number of amides is 5. The van der Waals surface area contributed by atoms with Gasteiger partial charge in [0.25, 0.3) is 5.91 Å². The van der Waals surface area contributed by atoms with Gasteiger partial charge in [-0.25, -0.2) is 9.86 Å². The van der Waals surface area contributed by atoms with Gasteiger partial charge in [0.05, 0.1) is 13.7 Å². The molecule has 6 rings (SSSR count). The van der Waals surface area contributed by atoms with Crippen molar-refractivity contribution >= 4 is 29.7 Å². The van der Waals surface area contributed by atoms with Crippen LogP contribution in [0.5, 0.6) is 0 Å². The predicted octanol–water partition coefficient (Wildman–Crippen LogP) is 7.15. The number of ether oxygens (including phenoxy) is 1. The Hall–Kier alpha value is -7.05. The van der Waals surface area contributed by atoms with E-state index in [2.05, 4.69) is 21.3 Å². The van der Waals surface area contributed by atoms with Crippen molar-refractivity contribution in [3.05, 3.63) is 191 Å². The molecule has 332 valence electrons. The van der Waals surface area contributed by atoms with Crippen molar-refractivity contribution in [3.8, 4) is 0 Å². The molecule has 1 heterocycles. The van der Waals surface area contributed by atoms with Crippen LogP contribution in [0.15, 0.2) is 163 Å². The number of nitrogens with zero attached hydrogens (tertiary/aromatic N) is 1. The summed E-state index contributed by atoms with van der Waals surface area (Å²) in [5, 5.41) is 13.3. The molecule has 0 radical (unpaired) electrons. The molecular weight excluding hydrogens is 807 g/mol. The molecule has 0 saturated carbocycles. The highest BCUT2D eigenvalue weighted by Gasteiger charge is 2.38. The van der Waals surface area contributed by atoms with E-state index < -0.39 is 41.6 Å². The SMILES string of the molecule is CON1CC/C(=C\[C@H](CCC(=O)NC(c2ccccc2)(c2ccccc2)c2ccccc2)NC(=O)[C@H](Cc2ccccc2)NC(=O)[C@H](CC(C)C)NC(=O)OCc2ccccc2)C1=O. The Morgan fingerprint density at radius 2 is 1.17 bits per heavy atom. The van der Waals surface area contributed by atoms with Crippen LogP contribution in [0.4, 0.5) is 4.79 Å². The Labute approximate surface area is 375 Å². The van der Waals surface area contributed by atoms with E-state index in [-0.39, 0.29) is 50.0 Å². The number of hydrogen-bond donors (Lipinski definition) is 4. The van der Waals surface area contributed by atoms with Gasteiger partial charge in [0.15, 0.2) is 0 Å². The molecule has 5 amide bonds. The van der Waals surface area contributed by atoms with Gasteiger partial charge in [-0.3, -0.25) is 24.0 Å². The molecule has 0 bridgehead atoms. The second-order valence-corrected chi connectivity index (χ2v) is 16.2. The van der Waals surface area contributed by atoms with Crippen LogP contribution in [0.25, 0.3) is 0 Å². The van der Waals surface area contributed by atoms with Crippen LogP contribution < -0.4 is 21.3 Å². The zero-order valence-corrected chi connectivity index (χ0v) is 36.6. The van der Waals surface area contributed by atoms with Gasteiger partial charge in [0.2, 0.25) is 17.7 Å². The van der Waals surface area contributed by atoms with E-state index in [9.17, 15) is 24.0 Å². The molecule has 5 aromatic carbocycles. The molecule has 1 fully saturated rings. The summed E-state index contributed by atoms with van der Waals surface area (Å²) in [5.41, 5.74) is 3.53. The van der Waals surface area contributed by atoms with Gasteiger partial charge < -0.3 is 26.0 Å². The highest BCUT2D eigenvalue weighted by molar-refractivity contribution is 5.95. The lowest BCUT2D eigenvalue weighted by Gasteiger charge is -2.37. The molecule has 0 aromatic heterocycles. The monoisotopic (exact) mass is 863 g/mol. The van der Waals surface area contributed by atoms with Crippen LogP contribution in [0.3, 0.4) is 0 Å². The third-order valence-corrected chi connectivity index (χ3v) is 11.1. The average molecular weight is 864 g/mol. The van der Waals surface area contributed by atoms with Gasteiger partial charge in [-0.05, 0) is 53.0 Å². The predicted molar refractivity (Wildman–Crippen MR) is 245 cm³/mol. The van der Waals surface area contributed by atoms with Crippen molar-refractivity contribution in [2.75, 3.05) is 13.7 Å². The Morgan fingerprint density at radius 1 is 0.672 bits per heavy atom. The number of rotatable bonds is 20. The number of alkyl carbamates (subject to hydrolysis) is 1. The molecule has 1 saturated heterocycles. The fourth-order valence-corrected chi connectivity index (χ4v) is 7.92. The molecule has 64 heavy (non-hydrogen) atoms. The van der Waals surface area contributed by atoms with Crippen molar-refractivity contribution in [2.24, 2.45) is 5.92 Å². The van der Waals surface area contributed by atoms with Crippen LogP contribution in [0.1, 0.15) is 67.3 Å². The van der Waals surface area contributed by atoms with Crippen molar-refractivity contribution in [1.82, 2.24) is 26.3 Å². The standard InChI is InChI=1S/C52H57N5O7/c1-37(2)33-45(55-51(62)64-36-39-21-11-5-12-22-39)49(60)54-46(34-38-19-9-4-10-20-38)48(59)53-44(35-40-31-32-57(63-3)50(40)61)29-30-47(58)56-52(41-23-13-6-14-24-41,42-25-15-7-16-26-42)43-27-17-8-18-28-43/h4-28,35,37,44-46H,29-34,36H2,1-3H3,(H,53,59)(H,54,60)(H,55,62)(H,56,58)/b40-35+/t44-,45-,46-/m0/s1. The Morgan fingerprint density at radius 3 is 1.67 bits per heavy atom. The minimum atomic E-state index is -1.10. The summed E-state index contributed by atoms with van der Waals surface area (Å²) >= 11 is 0. The molecule has 12 heteroatoms. The van der Waals surface area contributed by atoms with Crippen LogP contribution in [-0.2, 0) is 47.3 Å². The highest BCUT2D eigenvalue weighted by atomic mass is 16.7. The fourth-order valence-electron chi connectivity index (χ4n) is 7.92. The van der Waals surface area contributed by atoms with Gasteiger partial charge in [-0.1, -0.05) is 172 Å². The number of benzene rings is 5. The van der Waals surface area contributed by atoms with Gasteiger partial charge in [0.1, 0.15) is 24.2 Å². The van der Waals surface area contributed by atoms with Gasteiger partial charge >= 0.3 is 6.09 Å². The third-order valence-electron chi connectivity index (χ3n) is 11.1. The summed E-state index contributed by atoms with van der Waals surface area (Å²) in [6.07, 6.45) is 1.78. The number of hydrogen-bond acceptors (Lipinski definition) is 7. The largest absolute Gasteiger partial charge is 0.445 e. The fraction of sp³-hybridized carbons (Fsp3) is 0.288. The molecule has 12 nitrogen and oxygen atoms in total. The number of hydroxylamine groups is 2. The van der Waals surface area contributed by atoms with Crippen molar-refractivity contribution < 1.29 is 33.5 Å². The van der Waals surface area contributed by atoms with Crippen molar-refractivity contribution in [1.29, 1.82) is 0 Å². The van der Waals surface area contributed by atoms with Gasteiger partial charge in [-0.2, -0.15) is 0 Å². The minimum absolute atomic E-state index is 0.00810. The first kappa shape index (κ1) is 46.5. The van der Waals surface area contributed by atoms with Crippen molar-refractivity contribution in [3.63, 3.8) is 0 Å². The molecule has 0 unspecified atom stereocenters.